The standard InChI is InChI=1S/C19H15N3O3/c1-11-3-6-13(7-4-11)16-15-9-12(10-20)5-8-14(15)18(23)21-17(16)22(2)19(24)25/h3-9H,1-2H3,(H,21,23)(H,24,25). The van der Waals surface area contributed by atoms with Crippen molar-refractivity contribution in [3.05, 3.63) is 63.9 Å². The summed E-state index contributed by atoms with van der Waals surface area (Å²) in [6, 6.07) is 14.3. The molecule has 1 heterocycles. The minimum atomic E-state index is -1.19. The number of hydrogen-bond acceptors (Lipinski definition) is 3. The van der Waals surface area contributed by atoms with Gasteiger partial charge in [0.15, 0.2) is 0 Å². The first kappa shape index (κ1) is 16.3. The van der Waals surface area contributed by atoms with Crippen molar-refractivity contribution in [3.63, 3.8) is 0 Å². The lowest BCUT2D eigenvalue weighted by atomic mass is 9.97. The maximum absolute atomic E-state index is 12.4. The molecule has 25 heavy (non-hydrogen) atoms. The number of anilines is 1. The number of aromatic nitrogens is 1. The summed E-state index contributed by atoms with van der Waals surface area (Å²) < 4.78 is 0. The normalized spacial score (nSPS) is 10.4. The molecule has 0 aliphatic carbocycles. The van der Waals surface area contributed by atoms with E-state index >= 15 is 0 Å². The Morgan fingerprint density at radius 3 is 2.44 bits per heavy atom. The van der Waals surface area contributed by atoms with E-state index in [0.29, 0.717) is 21.9 Å². The minimum Gasteiger partial charge on any atom is -0.465 e. The van der Waals surface area contributed by atoms with Crippen LogP contribution in [0, 0.1) is 18.3 Å². The van der Waals surface area contributed by atoms with Crippen LogP contribution in [0.25, 0.3) is 21.9 Å². The van der Waals surface area contributed by atoms with Crippen LogP contribution < -0.4 is 10.5 Å². The molecule has 3 rings (SSSR count). The number of amides is 1. The van der Waals surface area contributed by atoms with E-state index < -0.39 is 11.7 Å². The van der Waals surface area contributed by atoms with Gasteiger partial charge in [0.1, 0.15) is 5.82 Å². The molecule has 0 bridgehead atoms. The van der Waals surface area contributed by atoms with Crippen molar-refractivity contribution in [1.29, 1.82) is 5.26 Å². The number of pyridine rings is 1. The molecular formula is C19H15N3O3. The SMILES string of the molecule is Cc1ccc(-c2c(N(C)C(=O)O)[nH]c(=O)c3ccc(C#N)cc23)cc1. The van der Waals surface area contributed by atoms with Gasteiger partial charge in [-0.25, -0.2) is 4.79 Å². The molecular weight excluding hydrogens is 318 g/mol. The molecule has 0 radical (unpaired) electrons. The molecule has 2 N–H and O–H groups in total. The molecule has 124 valence electrons. The fraction of sp³-hybridized carbons (Fsp3) is 0.105. The molecule has 1 amide bonds. The number of H-pyrrole nitrogens is 1. The molecule has 2 aromatic carbocycles. The zero-order valence-corrected chi connectivity index (χ0v) is 13.7. The van der Waals surface area contributed by atoms with Crippen LogP contribution in [-0.2, 0) is 0 Å². The van der Waals surface area contributed by atoms with Gasteiger partial charge in [0.25, 0.3) is 5.56 Å². The van der Waals surface area contributed by atoms with Gasteiger partial charge < -0.3 is 10.1 Å². The Labute approximate surface area is 143 Å². The van der Waals surface area contributed by atoms with Crippen LogP contribution in [-0.4, -0.2) is 23.2 Å². The summed E-state index contributed by atoms with van der Waals surface area (Å²) in [6.07, 6.45) is -1.19. The fourth-order valence-electron chi connectivity index (χ4n) is 2.74. The smallest absolute Gasteiger partial charge is 0.412 e. The lowest BCUT2D eigenvalue weighted by Crippen LogP contribution is -2.27. The van der Waals surface area contributed by atoms with Crippen molar-refractivity contribution < 1.29 is 9.90 Å². The van der Waals surface area contributed by atoms with Gasteiger partial charge in [-0.05, 0) is 36.1 Å². The van der Waals surface area contributed by atoms with Gasteiger partial charge in [-0.2, -0.15) is 5.26 Å². The first-order valence-corrected chi connectivity index (χ1v) is 7.56. The molecule has 6 nitrogen and oxygen atoms in total. The van der Waals surface area contributed by atoms with Crippen molar-refractivity contribution in [3.8, 4) is 17.2 Å². The van der Waals surface area contributed by atoms with Gasteiger partial charge in [-0.1, -0.05) is 29.8 Å². The predicted octanol–water partition coefficient (Wildman–Crippen LogP) is 3.49. The van der Waals surface area contributed by atoms with Gasteiger partial charge in [0.2, 0.25) is 0 Å². The second-order valence-corrected chi connectivity index (χ2v) is 5.76. The summed E-state index contributed by atoms with van der Waals surface area (Å²) in [7, 11) is 1.37. The fourth-order valence-corrected chi connectivity index (χ4v) is 2.74. The second-order valence-electron chi connectivity index (χ2n) is 5.76. The number of fused-ring (bicyclic) bond motifs is 1. The summed E-state index contributed by atoms with van der Waals surface area (Å²) in [6.45, 7) is 1.95. The summed E-state index contributed by atoms with van der Waals surface area (Å²) in [4.78, 5) is 27.5. The third kappa shape index (κ3) is 2.83. The highest BCUT2D eigenvalue weighted by Crippen LogP contribution is 2.34. The van der Waals surface area contributed by atoms with E-state index in [0.717, 1.165) is 16.0 Å². The zero-order chi connectivity index (χ0) is 18.1. The zero-order valence-electron chi connectivity index (χ0n) is 13.7. The van der Waals surface area contributed by atoms with Gasteiger partial charge in [0.05, 0.1) is 11.6 Å². The van der Waals surface area contributed by atoms with Crippen molar-refractivity contribution in [1.82, 2.24) is 4.98 Å². The topological polar surface area (TPSA) is 97.2 Å². The van der Waals surface area contributed by atoms with Crippen molar-refractivity contribution in [2.75, 3.05) is 11.9 Å². The monoisotopic (exact) mass is 333 g/mol. The van der Waals surface area contributed by atoms with Gasteiger partial charge in [0, 0.05) is 18.0 Å². The maximum atomic E-state index is 12.4. The third-order valence-electron chi connectivity index (χ3n) is 4.09. The molecule has 0 fully saturated rings. The van der Waals surface area contributed by atoms with Crippen LogP contribution in [0.3, 0.4) is 0 Å². The number of aromatic amines is 1. The van der Waals surface area contributed by atoms with Crippen molar-refractivity contribution >= 4 is 22.7 Å². The Bertz CT molecular complexity index is 1080. The molecule has 3 aromatic rings. The highest BCUT2D eigenvalue weighted by molar-refractivity contribution is 6.04. The Kier molecular flexibility index (Phi) is 3.99. The van der Waals surface area contributed by atoms with E-state index in [1.165, 1.54) is 7.05 Å². The van der Waals surface area contributed by atoms with Crippen LogP contribution in [0.4, 0.5) is 10.6 Å². The molecule has 6 heteroatoms. The molecule has 0 aliphatic heterocycles. The van der Waals surface area contributed by atoms with E-state index in [9.17, 15) is 20.0 Å². The molecule has 0 saturated carbocycles. The first-order chi connectivity index (χ1) is 11.9. The first-order valence-electron chi connectivity index (χ1n) is 7.56. The Balaban J connectivity index is 2.47. The number of hydrogen-bond donors (Lipinski definition) is 2. The molecule has 1 aromatic heterocycles. The van der Waals surface area contributed by atoms with Crippen LogP contribution in [0.5, 0.6) is 0 Å². The molecule has 0 spiro atoms. The average molecular weight is 333 g/mol. The predicted molar refractivity (Wildman–Crippen MR) is 95.9 cm³/mol. The number of nitriles is 1. The van der Waals surface area contributed by atoms with Crippen molar-refractivity contribution in [2.45, 2.75) is 6.92 Å². The Morgan fingerprint density at radius 2 is 1.84 bits per heavy atom. The number of aryl methyl sites for hydroxylation is 1. The number of carbonyl (C=O) groups is 1. The number of rotatable bonds is 2. The third-order valence-corrected chi connectivity index (χ3v) is 4.09. The number of carboxylic acid groups (broad SMARTS) is 1. The van der Waals surface area contributed by atoms with Gasteiger partial charge >= 0.3 is 6.09 Å². The van der Waals surface area contributed by atoms with Gasteiger partial charge in [-0.3, -0.25) is 9.69 Å². The van der Waals surface area contributed by atoms with Crippen molar-refractivity contribution in [2.24, 2.45) is 0 Å². The van der Waals surface area contributed by atoms with Crippen LogP contribution in [0.15, 0.2) is 47.3 Å². The Hall–Kier alpha value is -3.59. The minimum absolute atomic E-state index is 0.170. The summed E-state index contributed by atoms with van der Waals surface area (Å²) >= 11 is 0. The Morgan fingerprint density at radius 1 is 1.16 bits per heavy atom. The number of benzene rings is 2. The van der Waals surface area contributed by atoms with E-state index in [1.54, 1.807) is 18.2 Å². The quantitative estimate of drug-likeness (QED) is 0.750. The van der Waals surface area contributed by atoms with Gasteiger partial charge in [-0.15, -0.1) is 0 Å². The maximum Gasteiger partial charge on any atom is 0.412 e. The summed E-state index contributed by atoms with van der Waals surface area (Å²) in [5.74, 6) is 0.170. The van der Waals surface area contributed by atoms with E-state index in [1.807, 2.05) is 31.2 Å². The average Bonchev–Trinajstić information content (AvgIpc) is 2.61. The van der Waals surface area contributed by atoms with E-state index in [4.69, 9.17) is 0 Å². The summed E-state index contributed by atoms with van der Waals surface area (Å²) in [5.41, 5.74) is 2.37. The molecule has 0 saturated heterocycles. The van der Waals surface area contributed by atoms with E-state index in [-0.39, 0.29) is 5.82 Å². The van der Waals surface area contributed by atoms with Crippen LogP contribution >= 0.6 is 0 Å². The highest BCUT2D eigenvalue weighted by Gasteiger charge is 2.20. The molecule has 0 unspecified atom stereocenters. The lowest BCUT2D eigenvalue weighted by molar-refractivity contribution is 0.203. The highest BCUT2D eigenvalue weighted by atomic mass is 16.4. The molecule has 0 atom stereocenters. The number of nitrogens with zero attached hydrogens (tertiary/aromatic N) is 2. The second kappa shape index (κ2) is 6.13. The van der Waals surface area contributed by atoms with E-state index in [2.05, 4.69) is 11.1 Å². The lowest BCUT2D eigenvalue weighted by Gasteiger charge is -2.19. The number of nitrogens with one attached hydrogen (secondary N) is 1. The molecule has 0 aliphatic rings. The van der Waals surface area contributed by atoms with Crippen LogP contribution in [0.2, 0.25) is 0 Å². The van der Waals surface area contributed by atoms with Crippen LogP contribution in [0.1, 0.15) is 11.1 Å². The largest absolute Gasteiger partial charge is 0.465 e. The summed E-state index contributed by atoms with van der Waals surface area (Å²) in [5, 5.41) is 19.5.